The van der Waals surface area contributed by atoms with Crippen molar-refractivity contribution in [1.29, 1.82) is 0 Å². The Morgan fingerprint density at radius 2 is 2.13 bits per heavy atom. The zero-order valence-electron chi connectivity index (χ0n) is 9.13. The lowest BCUT2D eigenvalue weighted by Crippen LogP contribution is -2.38. The molecule has 1 rings (SSSR count). The second-order valence-corrected chi connectivity index (χ2v) is 3.68. The quantitative estimate of drug-likeness (QED) is 0.510. The highest BCUT2D eigenvalue weighted by atomic mass is 16.7. The Labute approximate surface area is 90.5 Å². The summed E-state index contributed by atoms with van der Waals surface area (Å²) in [5.41, 5.74) is 0. The van der Waals surface area contributed by atoms with Crippen molar-refractivity contribution < 1.29 is 19.7 Å². The molecule has 3 atom stereocenters. The SMILES string of the molecule is CCCCCO[C@@H]1C=C[C@H](O)[C@@H](CO)O1. The zero-order chi connectivity index (χ0) is 11.1. The van der Waals surface area contributed by atoms with Gasteiger partial charge in [-0.1, -0.05) is 25.8 Å². The minimum atomic E-state index is -0.731. The second kappa shape index (κ2) is 6.95. The van der Waals surface area contributed by atoms with Gasteiger partial charge in [0.15, 0.2) is 6.29 Å². The average molecular weight is 216 g/mol. The van der Waals surface area contributed by atoms with Gasteiger partial charge in [0.05, 0.1) is 13.2 Å². The Morgan fingerprint density at radius 3 is 2.80 bits per heavy atom. The van der Waals surface area contributed by atoms with Gasteiger partial charge in [-0.05, 0) is 12.5 Å². The van der Waals surface area contributed by atoms with Crippen LogP contribution in [0.5, 0.6) is 0 Å². The molecule has 0 saturated heterocycles. The molecule has 4 nitrogen and oxygen atoms in total. The normalized spacial score (nSPS) is 30.7. The molecule has 0 aromatic carbocycles. The van der Waals surface area contributed by atoms with Crippen LogP contribution in [0, 0.1) is 0 Å². The number of aliphatic hydroxyl groups excluding tert-OH is 2. The molecule has 0 bridgehead atoms. The van der Waals surface area contributed by atoms with Crippen LogP contribution in [0.4, 0.5) is 0 Å². The van der Waals surface area contributed by atoms with Gasteiger partial charge in [0.25, 0.3) is 0 Å². The van der Waals surface area contributed by atoms with Crippen molar-refractivity contribution in [2.75, 3.05) is 13.2 Å². The Kier molecular flexibility index (Phi) is 5.86. The lowest BCUT2D eigenvalue weighted by molar-refractivity contribution is -0.180. The van der Waals surface area contributed by atoms with Crippen molar-refractivity contribution in [2.45, 2.75) is 44.7 Å². The van der Waals surface area contributed by atoms with Gasteiger partial charge >= 0.3 is 0 Å². The highest BCUT2D eigenvalue weighted by molar-refractivity contribution is 4.99. The van der Waals surface area contributed by atoms with Crippen LogP contribution in [0.3, 0.4) is 0 Å². The molecule has 0 saturated carbocycles. The maximum atomic E-state index is 9.37. The van der Waals surface area contributed by atoms with E-state index in [0.717, 1.165) is 19.3 Å². The minimum absolute atomic E-state index is 0.194. The molecule has 0 aromatic heterocycles. The van der Waals surface area contributed by atoms with Gasteiger partial charge in [0.1, 0.15) is 12.2 Å². The number of rotatable bonds is 6. The molecule has 0 spiro atoms. The van der Waals surface area contributed by atoms with E-state index in [2.05, 4.69) is 6.92 Å². The predicted octanol–water partition coefficient (Wildman–Crippen LogP) is 0.827. The lowest BCUT2D eigenvalue weighted by atomic mass is 10.1. The van der Waals surface area contributed by atoms with E-state index in [1.165, 1.54) is 0 Å². The maximum absolute atomic E-state index is 9.37. The molecule has 0 unspecified atom stereocenters. The summed E-state index contributed by atoms with van der Waals surface area (Å²) < 4.78 is 10.8. The van der Waals surface area contributed by atoms with Crippen LogP contribution in [0.1, 0.15) is 26.2 Å². The van der Waals surface area contributed by atoms with Crippen LogP contribution in [0.25, 0.3) is 0 Å². The van der Waals surface area contributed by atoms with E-state index in [1.807, 2.05) is 0 Å². The summed E-state index contributed by atoms with van der Waals surface area (Å²) in [7, 11) is 0. The average Bonchev–Trinajstić information content (AvgIpc) is 2.26. The van der Waals surface area contributed by atoms with Gasteiger partial charge in [-0.3, -0.25) is 0 Å². The summed E-state index contributed by atoms with van der Waals surface area (Å²) in [4.78, 5) is 0. The highest BCUT2D eigenvalue weighted by Crippen LogP contribution is 2.14. The fourth-order valence-corrected chi connectivity index (χ4v) is 1.42. The van der Waals surface area contributed by atoms with Crippen molar-refractivity contribution >= 4 is 0 Å². The molecule has 0 fully saturated rings. The molecule has 1 aliphatic heterocycles. The van der Waals surface area contributed by atoms with E-state index < -0.39 is 18.5 Å². The van der Waals surface area contributed by atoms with Crippen molar-refractivity contribution in [3.8, 4) is 0 Å². The van der Waals surface area contributed by atoms with Crippen molar-refractivity contribution in [2.24, 2.45) is 0 Å². The summed E-state index contributed by atoms with van der Waals surface area (Å²) in [6.45, 7) is 2.59. The van der Waals surface area contributed by atoms with Gasteiger partial charge in [0.2, 0.25) is 0 Å². The van der Waals surface area contributed by atoms with Crippen LogP contribution < -0.4 is 0 Å². The first kappa shape index (κ1) is 12.6. The first-order valence-corrected chi connectivity index (χ1v) is 5.52. The minimum Gasteiger partial charge on any atom is -0.394 e. The Hall–Kier alpha value is -0.420. The van der Waals surface area contributed by atoms with Crippen molar-refractivity contribution in [3.05, 3.63) is 12.2 Å². The number of unbranched alkanes of at least 4 members (excludes halogenated alkanes) is 2. The lowest BCUT2D eigenvalue weighted by Gasteiger charge is -2.28. The topological polar surface area (TPSA) is 58.9 Å². The van der Waals surface area contributed by atoms with Gasteiger partial charge < -0.3 is 19.7 Å². The molecular formula is C11H20O4. The van der Waals surface area contributed by atoms with Crippen LogP contribution in [0.2, 0.25) is 0 Å². The van der Waals surface area contributed by atoms with Crippen molar-refractivity contribution in [3.63, 3.8) is 0 Å². The molecule has 0 amide bonds. The third kappa shape index (κ3) is 4.30. The number of hydrogen-bond donors (Lipinski definition) is 2. The summed E-state index contributed by atoms with van der Waals surface area (Å²) in [5.74, 6) is 0. The molecule has 15 heavy (non-hydrogen) atoms. The van der Waals surface area contributed by atoms with E-state index in [4.69, 9.17) is 14.6 Å². The Balaban J connectivity index is 2.22. The Morgan fingerprint density at radius 1 is 1.33 bits per heavy atom. The molecule has 2 N–H and O–H groups in total. The molecular weight excluding hydrogens is 196 g/mol. The number of aliphatic hydroxyl groups is 2. The molecule has 1 heterocycles. The van der Waals surface area contributed by atoms with Crippen LogP contribution in [0.15, 0.2) is 12.2 Å². The van der Waals surface area contributed by atoms with E-state index in [-0.39, 0.29) is 6.61 Å². The molecule has 0 radical (unpaired) electrons. The van der Waals surface area contributed by atoms with E-state index >= 15 is 0 Å². The van der Waals surface area contributed by atoms with Crippen LogP contribution in [-0.4, -0.2) is 41.9 Å². The van der Waals surface area contributed by atoms with E-state index in [9.17, 15) is 5.11 Å². The van der Waals surface area contributed by atoms with Gasteiger partial charge in [-0.15, -0.1) is 0 Å². The van der Waals surface area contributed by atoms with E-state index in [1.54, 1.807) is 12.2 Å². The molecule has 88 valence electrons. The van der Waals surface area contributed by atoms with Crippen LogP contribution >= 0.6 is 0 Å². The number of ether oxygens (including phenoxy) is 2. The van der Waals surface area contributed by atoms with E-state index in [0.29, 0.717) is 6.61 Å². The standard InChI is InChI=1S/C11H20O4/c1-2-3-4-7-14-11-6-5-9(13)10(8-12)15-11/h5-6,9-13H,2-4,7-8H2,1H3/t9-,10+,11-/m0/s1. The summed E-state index contributed by atoms with van der Waals surface area (Å²) >= 11 is 0. The molecule has 0 aliphatic carbocycles. The maximum Gasteiger partial charge on any atom is 0.177 e. The van der Waals surface area contributed by atoms with Gasteiger partial charge in [-0.2, -0.15) is 0 Å². The molecule has 4 heteroatoms. The first-order valence-electron chi connectivity index (χ1n) is 5.52. The first-order chi connectivity index (χ1) is 7.27. The molecule has 0 aromatic rings. The van der Waals surface area contributed by atoms with Crippen molar-refractivity contribution in [1.82, 2.24) is 0 Å². The third-order valence-corrected chi connectivity index (χ3v) is 2.37. The molecule has 1 aliphatic rings. The van der Waals surface area contributed by atoms with Gasteiger partial charge in [0, 0.05) is 0 Å². The summed E-state index contributed by atoms with van der Waals surface area (Å²) in [6, 6.07) is 0. The smallest absolute Gasteiger partial charge is 0.177 e. The highest BCUT2D eigenvalue weighted by Gasteiger charge is 2.24. The number of hydrogen-bond acceptors (Lipinski definition) is 4. The fourth-order valence-electron chi connectivity index (χ4n) is 1.42. The summed E-state index contributed by atoms with van der Waals surface area (Å²) in [5, 5.41) is 18.3. The van der Waals surface area contributed by atoms with Crippen LogP contribution in [-0.2, 0) is 9.47 Å². The monoisotopic (exact) mass is 216 g/mol. The predicted molar refractivity (Wildman–Crippen MR) is 56.4 cm³/mol. The summed E-state index contributed by atoms with van der Waals surface area (Å²) in [6.07, 6.45) is 4.87. The Bertz CT molecular complexity index is 193. The van der Waals surface area contributed by atoms with Gasteiger partial charge in [-0.25, -0.2) is 0 Å². The fraction of sp³-hybridized carbons (Fsp3) is 0.818. The third-order valence-electron chi connectivity index (χ3n) is 2.37. The second-order valence-electron chi connectivity index (χ2n) is 3.68. The largest absolute Gasteiger partial charge is 0.394 e. The zero-order valence-corrected chi connectivity index (χ0v) is 9.13.